The molecule has 0 aromatic carbocycles. The van der Waals surface area contributed by atoms with Crippen LogP contribution in [0.25, 0.3) is 0 Å². The summed E-state index contributed by atoms with van der Waals surface area (Å²) in [4.78, 5) is 60.1. The molecule has 0 bridgehead atoms. The first-order valence-corrected chi connectivity index (χ1v) is 13.3. The molecule has 184 valence electrons. The Bertz CT molecular complexity index is 655. The van der Waals surface area contributed by atoms with Gasteiger partial charge in [-0.1, -0.05) is 0 Å². The maximum Gasteiger partial charge on any atom is 0.326 e. The molecule has 0 spiro atoms. The highest BCUT2D eigenvalue weighted by atomic mass is 32.2. The molecule has 0 radical (unpaired) electrons. The Labute approximate surface area is 201 Å². The van der Waals surface area contributed by atoms with E-state index in [4.69, 9.17) is 11.5 Å². The molecule has 0 aliphatic rings. The summed E-state index contributed by atoms with van der Waals surface area (Å²) >= 11 is 7.01. The summed E-state index contributed by atoms with van der Waals surface area (Å²) in [5.41, 5.74) is 11.0. The lowest BCUT2D eigenvalue weighted by molar-refractivity contribution is -0.142. The van der Waals surface area contributed by atoms with Crippen molar-refractivity contribution in [1.82, 2.24) is 16.0 Å². The van der Waals surface area contributed by atoms with Gasteiger partial charge < -0.3 is 32.5 Å². The Kier molecular flexibility index (Phi) is 16.1. The number of nitrogens with one attached hydrogen (secondary N) is 3. The van der Waals surface area contributed by atoms with E-state index in [1.807, 2.05) is 12.5 Å². The van der Waals surface area contributed by atoms with Crippen LogP contribution in [-0.4, -0.2) is 88.6 Å². The average molecular weight is 512 g/mol. The van der Waals surface area contributed by atoms with Crippen LogP contribution in [0.2, 0.25) is 0 Å². The van der Waals surface area contributed by atoms with E-state index in [0.717, 1.165) is 0 Å². The quantitative estimate of drug-likeness (QED) is 0.114. The highest BCUT2D eigenvalue weighted by Gasteiger charge is 2.29. The topological polar surface area (TPSA) is 194 Å². The lowest BCUT2D eigenvalue weighted by atomic mass is 10.1. The molecular weight excluding hydrogens is 478 g/mol. The number of carbonyl (C=O) groups is 5. The first-order valence-electron chi connectivity index (χ1n) is 9.83. The smallest absolute Gasteiger partial charge is 0.326 e. The molecule has 0 saturated heterocycles. The number of carbonyl (C=O) groups excluding carboxylic acids is 4. The molecule has 0 aromatic rings. The van der Waals surface area contributed by atoms with Gasteiger partial charge in [0, 0.05) is 12.2 Å². The zero-order valence-corrected chi connectivity index (χ0v) is 20.7. The average Bonchev–Trinajstić information content (AvgIpc) is 2.74. The Morgan fingerprint density at radius 1 is 0.844 bits per heavy atom. The SMILES string of the molecule is CSCCC(N)C(=O)NC(CCC(N)=O)C(=O)NC(CS)C(=O)NC(CCSC)C(=O)O. The van der Waals surface area contributed by atoms with Crippen molar-refractivity contribution in [1.29, 1.82) is 0 Å². The molecule has 4 unspecified atom stereocenters. The summed E-state index contributed by atoms with van der Waals surface area (Å²) in [5, 5.41) is 16.6. The molecular formula is C18H33N5O6S3. The predicted octanol–water partition coefficient (Wildman–Crippen LogP) is -1.45. The maximum absolute atomic E-state index is 12.7. The third kappa shape index (κ3) is 12.4. The van der Waals surface area contributed by atoms with Gasteiger partial charge in [-0.2, -0.15) is 36.2 Å². The first kappa shape index (κ1) is 30.4. The minimum absolute atomic E-state index is 0.0888. The molecule has 0 saturated carbocycles. The molecule has 8 N–H and O–H groups in total. The van der Waals surface area contributed by atoms with Crippen molar-refractivity contribution in [3.8, 4) is 0 Å². The molecule has 0 aliphatic carbocycles. The molecule has 0 fully saturated rings. The first-order chi connectivity index (χ1) is 15.1. The van der Waals surface area contributed by atoms with Gasteiger partial charge in [0.2, 0.25) is 23.6 Å². The standard InChI is InChI=1S/C18H33N5O6S3/c1-31-7-5-10(19)15(25)21-11(3-4-14(20)24)16(26)23-13(9-30)17(27)22-12(18(28)29)6-8-32-2/h10-13,30H,3-9,19H2,1-2H3,(H2,20,24)(H,21,25)(H,22,27)(H,23,26)(H,28,29). The molecule has 0 aliphatic heterocycles. The summed E-state index contributed by atoms with van der Waals surface area (Å²) in [6.07, 6.45) is 4.02. The van der Waals surface area contributed by atoms with Crippen molar-refractivity contribution in [2.24, 2.45) is 11.5 Å². The van der Waals surface area contributed by atoms with Gasteiger partial charge in [0.25, 0.3) is 0 Å². The van der Waals surface area contributed by atoms with Crippen LogP contribution in [0.1, 0.15) is 25.7 Å². The molecule has 0 aromatic heterocycles. The minimum atomic E-state index is -1.19. The largest absolute Gasteiger partial charge is 0.480 e. The van der Waals surface area contributed by atoms with Crippen LogP contribution in [0.4, 0.5) is 0 Å². The molecule has 32 heavy (non-hydrogen) atoms. The van der Waals surface area contributed by atoms with Crippen molar-refractivity contribution >= 4 is 65.8 Å². The van der Waals surface area contributed by atoms with E-state index in [0.29, 0.717) is 17.9 Å². The van der Waals surface area contributed by atoms with Gasteiger partial charge in [0.15, 0.2) is 0 Å². The lowest BCUT2D eigenvalue weighted by Gasteiger charge is -2.24. The highest BCUT2D eigenvalue weighted by Crippen LogP contribution is 2.05. The molecule has 0 heterocycles. The van der Waals surface area contributed by atoms with E-state index < -0.39 is 53.8 Å². The Balaban J connectivity index is 5.21. The van der Waals surface area contributed by atoms with Gasteiger partial charge in [-0.15, -0.1) is 0 Å². The molecule has 4 atom stereocenters. The van der Waals surface area contributed by atoms with E-state index in [1.165, 1.54) is 23.5 Å². The van der Waals surface area contributed by atoms with Gasteiger partial charge >= 0.3 is 5.97 Å². The normalized spacial score (nSPS) is 14.5. The van der Waals surface area contributed by atoms with E-state index in [2.05, 4.69) is 28.6 Å². The van der Waals surface area contributed by atoms with Crippen LogP contribution in [0.15, 0.2) is 0 Å². The number of carboxylic acids is 1. The monoisotopic (exact) mass is 511 g/mol. The van der Waals surface area contributed by atoms with E-state index in [9.17, 15) is 29.1 Å². The van der Waals surface area contributed by atoms with Crippen LogP contribution < -0.4 is 27.4 Å². The van der Waals surface area contributed by atoms with Gasteiger partial charge in [0.05, 0.1) is 6.04 Å². The van der Waals surface area contributed by atoms with Gasteiger partial charge in [0.1, 0.15) is 18.1 Å². The zero-order valence-electron chi connectivity index (χ0n) is 18.2. The Hall–Kier alpha value is -1.64. The lowest BCUT2D eigenvalue weighted by Crippen LogP contribution is -2.57. The summed E-state index contributed by atoms with van der Waals surface area (Å²) in [5.74, 6) is -2.83. The molecule has 11 nitrogen and oxygen atoms in total. The van der Waals surface area contributed by atoms with Crippen molar-refractivity contribution in [2.45, 2.75) is 49.9 Å². The number of primary amides is 1. The zero-order chi connectivity index (χ0) is 24.7. The number of nitrogens with two attached hydrogens (primary N) is 2. The number of carboxylic acid groups (broad SMARTS) is 1. The number of hydrogen-bond donors (Lipinski definition) is 7. The number of hydrogen-bond acceptors (Lipinski definition) is 9. The van der Waals surface area contributed by atoms with Crippen LogP contribution in [0.3, 0.4) is 0 Å². The number of aliphatic carboxylic acids is 1. The summed E-state index contributed by atoms with van der Waals surface area (Å²) in [7, 11) is 0. The maximum atomic E-state index is 12.7. The number of thioether (sulfide) groups is 2. The second kappa shape index (κ2) is 16.9. The fourth-order valence-corrected chi connectivity index (χ4v) is 3.66. The second-order valence-corrected chi connectivity index (χ2v) is 9.22. The number of rotatable bonds is 17. The molecule has 4 amide bonds. The van der Waals surface area contributed by atoms with E-state index in [1.54, 1.807) is 0 Å². The Morgan fingerprint density at radius 3 is 1.84 bits per heavy atom. The molecule has 0 rings (SSSR count). The van der Waals surface area contributed by atoms with Crippen LogP contribution in [0.5, 0.6) is 0 Å². The van der Waals surface area contributed by atoms with Crippen molar-refractivity contribution in [3.05, 3.63) is 0 Å². The van der Waals surface area contributed by atoms with Crippen LogP contribution in [-0.2, 0) is 24.0 Å². The summed E-state index contributed by atoms with van der Waals surface area (Å²) in [6, 6.07) is -4.27. The second-order valence-electron chi connectivity index (χ2n) is 6.88. The van der Waals surface area contributed by atoms with Crippen LogP contribution >= 0.6 is 36.2 Å². The number of thiol groups is 1. The fraction of sp³-hybridized carbons (Fsp3) is 0.722. The summed E-state index contributed by atoms with van der Waals surface area (Å²) < 4.78 is 0. The third-order valence-corrected chi connectivity index (χ3v) is 5.98. The summed E-state index contributed by atoms with van der Waals surface area (Å²) in [6.45, 7) is 0. The van der Waals surface area contributed by atoms with Crippen molar-refractivity contribution in [2.75, 3.05) is 29.8 Å². The van der Waals surface area contributed by atoms with Crippen molar-refractivity contribution < 1.29 is 29.1 Å². The van der Waals surface area contributed by atoms with E-state index >= 15 is 0 Å². The minimum Gasteiger partial charge on any atom is -0.480 e. The predicted molar refractivity (Wildman–Crippen MR) is 130 cm³/mol. The molecule has 14 heteroatoms. The highest BCUT2D eigenvalue weighted by molar-refractivity contribution is 7.98. The third-order valence-electron chi connectivity index (χ3n) is 4.32. The number of amides is 4. The van der Waals surface area contributed by atoms with Gasteiger partial charge in [-0.3, -0.25) is 19.2 Å². The van der Waals surface area contributed by atoms with Crippen molar-refractivity contribution in [3.63, 3.8) is 0 Å². The van der Waals surface area contributed by atoms with Gasteiger partial charge in [-0.05, 0) is 43.3 Å². The van der Waals surface area contributed by atoms with E-state index in [-0.39, 0.29) is 25.0 Å². The fourth-order valence-electron chi connectivity index (χ4n) is 2.44. The van der Waals surface area contributed by atoms with Crippen LogP contribution in [0, 0.1) is 0 Å². The van der Waals surface area contributed by atoms with Gasteiger partial charge in [-0.25, -0.2) is 4.79 Å². The Morgan fingerprint density at radius 2 is 1.34 bits per heavy atom.